The monoisotopic (exact) mass is 269 g/mol. The number of hydrogen-bond acceptors (Lipinski definition) is 2. The Morgan fingerprint density at radius 3 is 2.70 bits per heavy atom. The third kappa shape index (κ3) is 2.58. The summed E-state index contributed by atoms with van der Waals surface area (Å²) in [5.74, 6) is 0. The van der Waals surface area contributed by atoms with Gasteiger partial charge in [0.05, 0.1) is 11.9 Å². The molecule has 0 aliphatic heterocycles. The highest BCUT2D eigenvalue weighted by Gasteiger charge is 2.14. The van der Waals surface area contributed by atoms with E-state index in [1.807, 2.05) is 10.9 Å². The van der Waals surface area contributed by atoms with Crippen LogP contribution >= 0.6 is 0 Å². The maximum Gasteiger partial charge on any atom is 0.0731 e. The quantitative estimate of drug-likeness (QED) is 0.904. The Kier molecular flexibility index (Phi) is 3.51. The summed E-state index contributed by atoms with van der Waals surface area (Å²) in [6.07, 6.45) is 7.78. The molecule has 106 valence electrons. The van der Waals surface area contributed by atoms with Gasteiger partial charge in [-0.1, -0.05) is 18.2 Å². The second-order valence-corrected chi connectivity index (χ2v) is 6.05. The van der Waals surface area contributed by atoms with Crippen molar-refractivity contribution in [1.82, 2.24) is 9.78 Å². The summed E-state index contributed by atoms with van der Waals surface area (Å²) < 4.78 is 1.98. The lowest BCUT2D eigenvalue weighted by atomic mass is 10.0. The first-order valence-corrected chi connectivity index (χ1v) is 7.56. The van der Waals surface area contributed by atoms with Crippen molar-refractivity contribution < 1.29 is 0 Å². The van der Waals surface area contributed by atoms with Crippen molar-refractivity contribution in [3.63, 3.8) is 0 Å². The van der Waals surface area contributed by atoms with Crippen LogP contribution in [0.4, 0.5) is 5.69 Å². The number of nitrogens with zero attached hydrogens (tertiary/aromatic N) is 2. The molecule has 1 aliphatic rings. The highest BCUT2D eigenvalue weighted by molar-refractivity contribution is 5.43. The van der Waals surface area contributed by atoms with E-state index in [9.17, 15) is 0 Å². The van der Waals surface area contributed by atoms with Gasteiger partial charge in [-0.3, -0.25) is 4.68 Å². The van der Waals surface area contributed by atoms with Gasteiger partial charge in [0.1, 0.15) is 0 Å². The van der Waals surface area contributed by atoms with E-state index in [1.165, 1.54) is 36.0 Å². The average Bonchev–Trinajstić information content (AvgIpc) is 3.05. The molecule has 0 saturated heterocycles. The molecule has 3 nitrogen and oxygen atoms in total. The molecule has 1 N–H and O–H groups in total. The first kappa shape index (κ1) is 13.2. The molecule has 3 rings (SSSR count). The molecule has 0 saturated carbocycles. The fraction of sp³-hybridized carbons (Fsp3) is 0.471. The molecule has 20 heavy (non-hydrogen) atoms. The molecule has 1 aliphatic carbocycles. The SMILES string of the molecule is CC(Nc1cnn(C(C)C)c1)c1ccc2c(c1)CCC2. The molecule has 0 amide bonds. The van der Waals surface area contributed by atoms with E-state index in [4.69, 9.17) is 0 Å². The number of nitrogens with one attached hydrogen (secondary N) is 1. The smallest absolute Gasteiger partial charge is 0.0731 e. The summed E-state index contributed by atoms with van der Waals surface area (Å²) in [5, 5.41) is 7.92. The van der Waals surface area contributed by atoms with Crippen LogP contribution in [0, 0.1) is 0 Å². The van der Waals surface area contributed by atoms with Crippen LogP contribution in [0.2, 0.25) is 0 Å². The molecule has 1 unspecified atom stereocenters. The number of benzene rings is 1. The molecular weight excluding hydrogens is 246 g/mol. The number of anilines is 1. The maximum absolute atomic E-state index is 4.37. The van der Waals surface area contributed by atoms with Gasteiger partial charge in [0.25, 0.3) is 0 Å². The first-order chi connectivity index (χ1) is 9.63. The number of hydrogen-bond donors (Lipinski definition) is 1. The number of rotatable bonds is 4. The zero-order valence-corrected chi connectivity index (χ0v) is 12.6. The first-order valence-electron chi connectivity index (χ1n) is 7.56. The fourth-order valence-electron chi connectivity index (χ4n) is 2.89. The summed E-state index contributed by atoms with van der Waals surface area (Å²) in [5.41, 5.74) is 5.53. The van der Waals surface area contributed by atoms with Crippen molar-refractivity contribution in [2.75, 3.05) is 5.32 Å². The van der Waals surface area contributed by atoms with Crippen molar-refractivity contribution >= 4 is 5.69 Å². The third-order valence-corrected chi connectivity index (χ3v) is 4.14. The molecule has 1 aromatic carbocycles. The van der Waals surface area contributed by atoms with Crippen LogP contribution in [0.15, 0.2) is 30.6 Å². The lowest BCUT2D eigenvalue weighted by molar-refractivity contribution is 0.532. The van der Waals surface area contributed by atoms with E-state index in [0.29, 0.717) is 12.1 Å². The Balaban J connectivity index is 1.73. The van der Waals surface area contributed by atoms with Gasteiger partial charge in [-0.25, -0.2) is 0 Å². The summed E-state index contributed by atoms with van der Waals surface area (Å²) in [7, 11) is 0. The maximum atomic E-state index is 4.37. The Hall–Kier alpha value is -1.77. The van der Waals surface area contributed by atoms with Crippen LogP contribution in [0.1, 0.15) is 56.0 Å². The van der Waals surface area contributed by atoms with Gasteiger partial charge >= 0.3 is 0 Å². The average molecular weight is 269 g/mol. The summed E-state index contributed by atoms with van der Waals surface area (Å²) in [6, 6.07) is 7.64. The van der Waals surface area contributed by atoms with Crippen molar-refractivity contribution in [3.05, 3.63) is 47.3 Å². The summed E-state index contributed by atoms with van der Waals surface area (Å²) >= 11 is 0. The van der Waals surface area contributed by atoms with E-state index in [0.717, 1.165) is 5.69 Å². The third-order valence-electron chi connectivity index (χ3n) is 4.14. The normalized spacial score (nSPS) is 15.4. The Morgan fingerprint density at radius 2 is 1.95 bits per heavy atom. The predicted octanol–water partition coefficient (Wildman–Crippen LogP) is 4.13. The lowest BCUT2D eigenvalue weighted by Gasteiger charge is -2.15. The lowest BCUT2D eigenvalue weighted by Crippen LogP contribution is -2.07. The van der Waals surface area contributed by atoms with Crippen LogP contribution < -0.4 is 5.32 Å². The van der Waals surface area contributed by atoms with E-state index < -0.39 is 0 Å². The van der Waals surface area contributed by atoms with Crippen molar-refractivity contribution in [2.45, 2.75) is 52.1 Å². The minimum Gasteiger partial charge on any atom is -0.376 e. The molecule has 1 atom stereocenters. The van der Waals surface area contributed by atoms with E-state index in [1.54, 1.807) is 0 Å². The molecule has 1 heterocycles. The Bertz CT molecular complexity index is 598. The Labute approximate surface area is 121 Å². The van der Waals surface area contributed by atoms with Gasteiger partial charge in [0.2, 0.25) is 0 Å². The van der Waals surface area contributed by atoms with Crippen LogP contribution in [-0.4, -0.2) is 9.78 Å². The second-order valence-electron chi connectivity index (χ2n) is 6.05. The summed E-state index contributed by atoms with van der Waals surface area (Å²) in [6.45, 7) is 6.49. The van der Waals surface area contributed by atoms with Crippen molar-refractivity contribution in [3.8, 4) is 0 Å². The number of aromatic nitrogens is 2. The zero-order valence-electron chi connectivity index (χ0n) is 12.6. The van der Waals surface area contributed by atoms with E-state index in [2.05, 4.69) is 55.6 Å². The van der Waals surface area contributed by atoms with Gasteiger partial charge in [-0.2, -0.15) is 5.10 Å². The van der Waals surface area contributed by atoms with Crippen LogP contribution in [0.3, 0.4) is 0 Å². The topological polar surface area (TPSA) is 29.9 Å². The van der Waals surface area contributed by atoms with Crippen LogP contribution in [0.5, 0.6) is 0 Å². The minimum absolute atomic E-state index is 0.311. The molecule has 1 aromatic heterocycles. The van der Waals surface area contributed by atoms with Crippen LogP contribution in [0.25, 0.3) is 0 Å². The van der Waals surface area contributed by atoms with Gasteiger partial charge in [-0.05, 0) is 56.7 Å². The summed E-state index contributed by atoms with van der Waals surface area (Å²) in [4.78, 5) is 0. The molecular formula is C17H23N3. The van der Waals surface area contributed by atoms with Gasteiger partial charge < -0.3 is 5.32 Å². The van der Waals surface area contributed by atoms with E-state index in [-0.39, 0.29) is 0 Å². The van der Waals surface area contributed by atoms with Gasteiger partial charge in [0, 0.05) is 18.3 Å². The highest BCUT2D eigenvalue weighted by Crippen LogP contribution is 2.27. The molecule has 0 spiro atoms. The molecule has 0 fully saturated rings. The Morgan fingerprint density at radius 1 is 1.15 bits per heavy atom. The largest absolute Gasteiger partial charge is 0.376 e. The molecule has 3 heteroatoms. The zero-order chi connectivity index (χ0) is 14.1. The second kappa shape index (κ2) is 5.31. The molecule has 0 bridgehead atoms. The van der Waals surface area contributed by atoms with E-state index >= 15 is 0 Å². The van der Waals surface area contributed by atoms with Crippen molar-refractivity contribution in [1.29, 1.82) is 0 Å². The minimum atomic E-state index is 0.311. The fourth-order valence-corrected chi connectivity index (χ4v) is 2.89. The highest BCUT2D eigenvalue weighted by atomic mass is 15.3. The number of fused-ring (bicyclic) bond motifs is 1. The predicted molar refractivity (Wildman–Crippen MR) is 83.1 cm³/mol. The molecule has 0 radical (unpaired) electrons. The van der Waals surface area contributed by atoms with Gasteiger partial charge in [0.15, 0.2) is 0 Å². The number of aryl methyl sites for hydroxylation is 2. The van der Waals surface area contributed by atoms with Crippen LogP contribution in [-0.2, 0) is 12.8 Å². The molecule has 2 aromatic rings. The standard InChI is InChI=1S/C17H23N3/c1-12(2)20-11-17(10-18-20)19-13(3)15-8-7-14-5-4-6-16(14)9-15/h7-13,19H,4-6H2,1-3H3. The van der Waals surface area contributed by atoms with Crippen molar-refractivity contribution in [2.24, 2.45) is 0 Å². The van der Waals surface area contributed by atoms with Gasteiger partial charge in [-0.15, -0.1) is 0 Å².